The summed E-state index contributed by atoms with van der Waals surface area (Å²) in [6.07, 6.45) is 3.44. The average Bonchev–Trinajstić information content (AvgIpc) is 2.82. The molecule has 18 heavy (non-hydrogen) atoms. The summed E-state index contributed by atoms with van der Waals surface area (Å²) >= 11 is 0. The van der Waals surface area contributed by atoms with Crippen molar-refractivity contribution in [3.05, 3.63) is 42.0 Å². The minimum absolute atomic E-state index is 0.0590. The molecule has 94 valence electrons. The third-order valence-electron chi connectivity index (χ3n) is 2.57. The number of benzene rings is 1. The van der Waals surface area contributed by atoms with E-state index in [1.165, 1.54) is 6.92 Å². The zero-order chi connectivity index (χ0) is 13.0. The first-order valence-corrected chi connectivity index (χ1v) is 5.74. The first kappa shape index (κ1) is 12.2. The zero-order valence-corrected chi connectivity index (χ0v) is 10.4. The fourth-order valence-corrected chi connectivity index (χ4v) is 1.68. The van der Waals surface area contributed by atoms with Crippen LogP contribution in [0.2, 0.25) is 0 Å². The second-order valence-corrected chi connectivity index (χ2v) is 4.14. The number of nitrogens with one attached hydrogen (secondary N) is 3. The van der Waals surface area contributed by atoms with Gasteiger partial charge >= 0.3 is 0 Å². The highest BCUT2D eigenvalue weighted by molar-refractivity contribution is 5.89. The summed E-state index contributed by atoms with van der Waals surface area (Å²) in [6, 6.07) is 5.84. The van der Waals surface area contributed by atoms with Gasteiger partial charge in [0.15, 0.2) is 0 Å². The average molecular weight is 244 g/mol. The van der Waals surface area contributed by atoms with E-state index in [9.17, 15) is 4.79 Å². The maximum absolute atomic E-state index is 11.0. The van der Waals surface area contributed by atoms with Gasteiger partial charge in [-0.25, -0.2) is 4.98 Å². The van der Waals surface area contributed by atoms with E-state index < -0.39 is 0 Å². The molecule has 1 aromatic heterocycles. The van der Waals surface area contributed by atoms with Crippen LogP contribution in [0.25, 0.3) is 0 Å². The zero-order valence-electron chi connectivity index (χ0n) is 10.4. The van der Waals surface area contributed by atoms with Gasteiger partial charge in [-0.2, -0.15) is 0 Å². The highest BCUT2D eigenvalue weighted by Gasteiger charge is 2.02. The molecule has 0 atom stereocenters. The van der Waals surface area contributed by atoms with Crippen molar-refractivity contribution in [1.29, 1.82) is 0 Å². The maximum atomic E-state index is 11.0. The van der Waals surface area contributed by atoms with Crippen molar-refractivity contribution in [1.82, 2.24) is 9.97 Å². The maximum Gasteiger partial charge on any atom is 0.221 e. The second-order valence-electron chi connectivity index (χ2n) is 4.14. The molecular weight excluding hydrogens is 228 g/mol. The number of carbonyl (C=O) groups excluding carboxylic acids is 1. The first-order valence-electron chi connectivity index (χ1n) is 5.74. The molecular formula is C13H16N4O. The van der Waals surface area contributed by atoms with Gasteiger partial charge in [0.05, 0.1) is 18.6 Å². The molecule has 1 amide bonds. The van der Waals surface area contributed by atoms with Crippen LogP contribution in [0.5, 0.6) is 0 Å². The third-order valence-corrected chi connectivity index (χ3v) is 2.57. The summed E-state index contributed by atoms with van der Waals surface area (Å²) in [7, 11) is 0. The minimum atomic E-state index is -0.0590. The van der Waals surface area contributed by atoms with Gasteiger partial charge in [-0.3, -0.25) is 4.79 Å². The largest absolute Gasteiger partial charge is 0.379 e. The molecule has 0 aliphatic rings. The van der Waals surface area contributed by atoms with E-state index in [-0.39, 0.29) is 5.91 Å². The van der Waals surface area contributed by atoms with Crippen molar-refractivity contribution in [2.75, 3.05) is 10.6 Å². The van der Waals surface area contributed by atoms with Crippen LogP contribution in [0.15, 0.2) is 30.7 Å². The van der Waals surface area contributed by atoms with Crippen LogP contribution in [0.1, 0.15) is 18.2 Å². The Morgan fingerprint density at radius 2 is 2.28 bits per heavy atom. The van der Waals surface area contributed by atoms with E-state index in [2.05, 4.69) is 20.6 Å². The standard InChI is InChI=1S/C13H16N4O/c1-9-5-11(3-4-13(9)17-10(2)18)15-7-12-6-14-8-16-12/h3-6,8,15H,7H2,1-2H3,(H,14,16)(H,17,18). The number of carbonyl (C=O) groups is 1. The van der Waals surface area contributed by atoms with Gasteiger partial charge in [-0.15, -0.1) is 0 Å². The number of nitrogens with zero attached hydrogens (tertiary/aromatic N) is 1. The summed E-state index contributed by atoms with van der Waals surface area (Å²) in [4.78, 5) is 18.0. The SMILES string of the molecule is CC(=O)Nc1ccc(NCc2cnc[nH]2)cc1C. The van der Waals surface area contributed by atoms with E-state index in [0.717, 1.165) is 22.6 Å². The molecule has 0 radical (unpaired) electrons. The summed E-state index contributed by atoms with van der Waals surface area (Å²) < 4.78 is 0. The molecule has 0 aliphatic carbocycles. The van der Waals surface area contributed by atoms with Crippen molar-refractivity contribution in [2.24, 2.45) is 0 Å². The Morgan fingerprint density at radius 3 is 2.89 bits per heavy atom. The highest BCUT2D eigenvalue weighted by Crippen LogP contribution is 2.19. The molecule has 0 saturated carbocycles. The molecule has 0 unspecified atom stereocenters. The molecule has 5 heteroatoms. The number of aromatic amines is 1. The Morgan fingerprint density at radius 1 is 1.44 bits per heavy atom. The molecule has 0 spiro atoms. The predicted octanol–water partition coefficient (Wildman–Crippen LogP) is 2.29. The van der Waals surface area contributed by atoms with Gasteiger partial charge in [0.2, 0.25) is 5.91 Å². The van der Waals surface area contributed by atoms with Gasteiger partial charge in [-0.1, -0.05) is 0 Å². The quantitative estimate of drug-likeness (QED) is 0.772. The van der Waals surface area contributed by atoms with Crippen LogP contribution in [-0.4, -0.2) is 15.9 Å². The molecule has 0 fully saturated rings. The van der Waals surface area contributed by atoms with Crippen molar-refractivity contribution in [3.8, 4) is 0 Å². The van der Waals surface area contributed by atoms with Gasteiger partial charge in [0.25, 0.3) is 0 Å². The molecule has 2 aromatic rings. The van der Waals surface area contributed by atoms with Crippen molar-refractivity contribution in [2.45, 2.75) is 20.4 Å². The number of H-pyrrole nitrogens is 1. The molecule has 0 aliphatic heterocycles. The van der Waals surface area contributed by atoms with Crippen LogP contribution >= 0.6 is 0 Å². The second kappa shape index (κ2) is 5.35. The minimum Gasteiger partial charge on any atom is -0.379 e. The van der Waals surface area contributed by atoms with Gasteiger partial charge in [0.1, 0.15) is 0 Å². The number of amides is 1. The fourth-order valence-electron chi connectivity index (χ4n) is 1.68. The summed E-state index contributed by atoms with van der Waals surface area (Å²) in [5.74, 6) is -0.0590. The molecule has 1 heterocycles. The summed E-state index contributed by atoms with van der Waals surface area (Å²) in [5.41, 5.74) is 3.91. The monoisotopic (exact) mass is 244 g/mol. The molecule has 0 bridgehead atoms. The van der Waals surface area contributed by atoms with Crippen LogP contribution in [0, 0.1) is 6.92 Å². The van der Waals surface area contributed by atoms with E-state index in [1.807, 2.05) is 25.1 Å². The van der Waals surface area contributed by atoms with E-state index in [4.69, 9.17) is 0 Å². The Labute approximate surface area is 106 Å². The van der Waals surface area contributed by atoms with Gasteiger partial charge in [0, 0.05) is 24.5 Å². The molecule has 2 rings (SSSR count). The summed E-state index contributed by atoms with van der Waals surface area (Å²) in [6.45, 7) is 4.16. The Kier molecular flexibility index (Phi) is 3.62. The Balaban J connectivity index is 2.02. The van der Waals surface area contributed by atoms with Crippen molar-refractivity contribution in [3.63, 3.8) is 0 Å². The Bertz CT molecular complexity index is 534. The number of anilines is 2. The van der Waals surface area contributed by atoms with E-state index >= 15 is 0 Å². The molecule has 1 aromatic carbocycles. The lowest BCUT2D eigenvalue weighted by Crippen LogP contribution is -2.07. The summed E-state index contributed by atoms with van der Waals surface area (Å²) in [5, 5.41) is 6.07. The number of hydrogen-bond donors (Lipinski definition) is 3. The molecule has 5 nitrogen and oxygen atoms in total. The number of aromatic nitrogens is 2. The van der Waals surface area contributed by atoms with Crippen molar-refractivity contribution >= 4 is 17.3 Å². The predicted molar refractivity (Wildman–Crippen MR) is 71.4 cm³/mol. The number of imidazole rings is 1. The van der Waals surface area contributed by atoms with Gasteiger partial charge < -0.3 is 15.6 Å². The fraction of sp³-hybridized carbons (Fsp3) is 0.231. The first-order chi connectivity index (χ1) is 8.65. The topological polar surface area (TPSA) is 69.8 Å². The molecule has 0 saturated heterocycles. The Hall–Kier alpha value is -2.30. The highest BCUT2D eigenvalue weighted by atomic mass is 16.1. The number of aryl methyl sites for hydroxylation is 1. The lowest BCUT2D eigenvalue weighted by molar-refractivity contribution is -0.114. The number of rotatable bonds is 4. The molecule has 3 N–H and O–H groups in total. The number of hydrogen-bond acceptors (Lipinski definition) is 3. The van der Waals surface area contributed by atoms with E-state index in [0.29, 0.717) is 6.54 Å². The van der Waals surface area contributed by atoms with Gasteiger partial charge in [-0.05, 0) is 30.7 Å². The lowest BCUT2D eigenvalue weighted by Gasteiger charge is -2.10. The smallest absolute Gasteiger partial charge is 0.221 e. The third kappa shape index (κ3) is 3.10. The van der Waals surface area contributed by atoms with Crippen LogP contribution < -0.4 is 10.6 Å². The van der Waals surface area contributed by atoms with Crippen LogP contribution in [0.3, 0.4) is 0 Å². The van der Waals surface area contributed by atoms with Crippen LogP contribution in [-0.2, 0) is 11.3 Å². The normalized spacial score (nSPS) is 10.1. The van der Waals surface area contributed by atoms with E-state index in [1.54, 1.807) is 12.5 Å². The van der Waals surface area contributed by atoms with Crippen molar-refractivity contribution < 1.29 is 4.79 Å². The van der Waals surface area contributed by atoms with Crippen LogP contribution in [0.4, 0.5) is 11.4 Å². The lowest BCUT2D eigenvalue weighted by atomic mass is 10.1.